The van der Waals surface area contributed by atoms with Gasteiger partial charge in [-0.15, -0.1) is 0 Å². The van der Waals surface area contributed by atoms with Crippen molar-refractivity contribution < 1.29 is 9.59 Å². The number of hydrogen-bond donors (Lipinski definition) is 1. The number of carbonyl (C=O) groups is 2. The van der Waals surface area contributed by atoms with E-state index in [1.807, 2.05) is 18.2 Å². The minimum atomic E-state index is -0.0270. The summed E-state index contributed by atoms with van der Waals surface area (Å²) in [5, 5.41) is 3.01. The molecule has 0 unspecified atom stereocenters. The number of nitrogens with zero attached hydrogens (tertiary/aromatic N) is 2. The summed E-state index contributed by atoms with van der Waals surface area (Å²) in [6, 6.07) is 9.34. The zero-order valence-electron chi connectivity index (χ0n) is 15.5. The first-order chi connectivity index (χ1) is 13.2. The molecular formula is C22H25N3O2. The summed E-state index contributed by atoms with van der Waals surface area (Å²) in [6.07, 6.45) is 10.8. The van der Waals surface area contributed by atoms with E-state index in [2.05, 4.69) is 10.3 Å². The number of pyridine rings is 1. The molecule has 5 heteroatoms. The van der Waals surface area contributed by atoms with Crippen LogP contribution in [0.1, 0.15) is 54.4 Å². The van der Waals surface area contributed by atoms with Crippen molar-refractivity contribution in [2.45, 2.75) is 44.9 Å². The van der Waals surface area contributed by atoms with Gasteiger partial charge < -0.3 is 10.2 Å². The van der Waals surface area contributed by atoms with Crippen LogP contribution in [-0.2, 0) is 11.2 Å². The monoisotopic (exact) mass is 363 g/mol. The van der Waals surface area contributed by atoms with Gasteiger partial charge in [0.1, 0.15) is 0 Å². The minimum Gasteiger partial charge on any atom is -0.326 e. The van der Waals surface area contributed by atoms with E-state index in [1.165, 1.54) is 25.7 Å². The molecule has 1 fully saturated rings. The Morgan fingerprint density at radius 1 is 1.11 bits per heavy atom. The molecule has 1 aliphatic heterocycles. The summed E-state index contributed by atoms with van der Waals surface area (Å²) in [7, 11) is 0. The van der Waals surface area contributed by atoms with E-state index in [-0.39, 0.29) is 11.8 Å². The van der Waals surface area contributed by atoms with Gasteiger partial charge in [0.25, 0.3) is 5.91 Å². The van der Waals surface area contributed by atoms with Gasteiger partial charge in [-0.3, -0.25) is 14.6 Å². The Balaban J connectivity index is 1.43. The van der Waals surface area contributed by atoms with Gasteiger partial charge >= 0.3 is 0 Å². The van der Waals surface area contributed by atoms with Gasteiger partial charge in [-0.25, -0.2) is 0 Å². The highest BCUT2D eigenvalue weighted by atomic mass is 16.2. The first kappa shape index (κ1) is 17.7. The Morgan fingerprint density at radius 3 is 2.67 bits per heavy atom. The normalized spacial score (nSPS) is 16.4. The third kappa shape index (κ3) is 4.02. The van der Waals surface area contributed by atoms with Crippen molar-refractivity contribution in [2.24, 2.45) is 5.92 Å². The molecule has 140 valence electrons. The van der Waals surface area contributed by atoms with Gasteiger partial charge in [0.05, 0.1) is 0 Å². The molecule has 1 saturated carbocycles. The van der Waals surface area contributed by atoms with E-state index in [4.69, 9.17) is 0 Å². The number of benzene rings is 1. The van der Waals surface area contributed by atoms with Crippen LogP contribution in [0, 0.1) is 5.92 Å². The first-order valence-corrected chi connectivity index (χ1v) is 9.85. The maximum atomic E-state index is 12.8. The molecular weight excluding hydrogens is 338 g/mol. The molecule has 2 heterocycles. The molecule has 5 nitrogen and oxygen atoms in total. The Kier molecular flexibility index (Phi) is 5.19. The molecule has 0 radical (unpaired) electrons. The number of rotatable bonds is 5. The summed E-state index contributed by atoms with van der Waals surface area (Å²) in [5.41, 5.74) is 3.43. The number of aromatic nitrogens is 1. The smallest absolute Gasteiger partial charge is 0.258 e. The number of carbonyl (C=O) groups excluding carboxylic acids is 2. The zero-order valence-corrected chi connectivity index (χ0v) is 15.5. The zero-order chi connectivity index (χ0) is 18.6. The molecule has 2 aliphatic rings. The van der Waals surface area contributed by atoms with Crippen molar-refractivity contribution in [1.29, 1.82) is 0 Å². The lowest BCUT2D eigenvalue weighted by Crippen LogP contribution is -2.28. The van der Waals surface area contributed by atoms with Gasteiger partial charge in [-0.1, -0.05) is 31.7 Å². The SMILES string of the molecule is O=C(CCC1CCCC1)Nc1ccc2c(c1)N(C(=O)c1ccncc1)CC2. The lowest BCUT2D eigenvalue weighted by atomic mass is 10.0. The summed E-state index contributed by atoms with van der Waals surface area (Å²) < 4.78 is 0. The van der Waals surface area contributed by atoms with Crippen LogP contribution >= 0.6 is 0 Å². The average Bonchev–Trinajstić information content (AvgIpc) is 3.36. The fourth-order valence-electron chi connectivity index (χ4n) is 4.18. The molecule has 0 atom stereocenters. The molecule has 4 rings (SSSR count). The highest BCUT2D eigenvalue weighted by Gasteiger charge is 2.26. The van der Waals surface area contributed by atoms with Crippen molar-refractivity contribution in [2.75, 3.05) is 16.8 Å². The van der Waals surface area contributed by atoms with Crippen molar-refractivity contribution in [1.82, 2.24) is 4.98 Å². The lowest BCUT2D eigenvalue weighted by molar-refractivity contribution is -0.116. The summed E-state index contributed by atoms with van der Waals surface area (Å²) >= 11 is 0. The summed E-state index contributed by atoms with van der Waals surface area (Å²) in [4.78, 5) is 30.9. The van der Waals surface area contributed by atoms with Gasteiger partial charge in [-0.05, 0) is 48.6 Å². The van der Waals surface area contributed by atoms with E-state index >= 15 is 0 Å². The van der Waals surface area contributed by atoms with Gasteiger partial charge in [0.2, 0.25) is 5.91 Å². The highest BCUT2D eigenvalue weighted by Crippen LogP contribution is 2.32. The molecule has 1 N–H and O–H groups in total. The van der Waals surface area contributed by atoms with Crippen LogP contribution in [0.15, 0.2) is 42.7 Å². The number of fused-ring (bicyclic) bond motifs is 1. The Hall–Kier alpha value is -2.69. The fraction of sp³-hybridized carbons (Fsp3) is 0.409. The van der Waals surface area contributed by atoms with Crippen LogP contribution in [0.3, 0.4) is 0 Å². The Labute approximate surface area is 159 Å². The summed E-state index contributed by atoms with van der Waals surface area (Å²) in [5.74, 6) is 0.747. The van der Waals surface area contributed by atoms with Crippen LogP contribution < -0.4 is 10.2 Å². The van der Waals surface area contributed by atoms with E-state index in [9.17, 15) is 9.59 Å². The summed E-state index contributed by atoms with van der Waals surface area (Å²) in [6.45, 7) is 0.662. The largest absolute Gasteiger partial charge is 0.326 e. The average molecular weight is 363 g/mol. The molecule has 27 heavy (non-hydrogen) atoms. The van der Waals surface area contributed by atoms with Crippen LogP contribution in [-0.4, -0.2) is 23.3 Å². The van der Waals surface area contributed by atoms with Crippen LogP contribution in [0.4, 0.5) is 11.4 Å². The third-order valence-electron chi connectivity index (χ3n) is 5.69. The quantitative estimate of drug-likeness (QED) is 0.866. The van der Waals surface area contributed by atoms with Crippen molar-refractivity contribution in [3.05, 3.63) is 53.9 Å². The predicted molar refractivity (Wildman–Crippen MR) is 106 cm³/mol. The first-order valence-electron chi connectivity index (χ1n) is 9.85. The predicted octanol–water partition coefficient (Wildman–Crippen LogP) is 4.19. The molecule has 1 aromatic heterocycles. The minimum absolute atomic E-state index is 0.0270. The van der Waals surface area contributed by atoms with Crippen LogP contribution in [0.25, 0.3) is 0 Å². The molecule has 1 aliphatic carbocycles. The topological polar surface area (TPSA) is 62.3 Å². The van der Waals surface area contributed by atoms with Gasteiger partial charge in [-0.2, -0.15) is 0 Å². The Bertz CT molecular complexity index is 829. The number of anilines is 2. The fourth-order valence-corrected chi connectivity index (χ4v) is 4.18. The van der Waals surface area contributed by atoms with Gasteiger partial charge in [0.15, 0.2) is 0 Å². The number of hydrogen-bond acceptors (Lipinski definition) is 3. The second-order valence-corrected chi connectivity index (χ2v) is 7.52. The van der Waals surface area contributed by atoms with Crippen molar-refractivity contribution in [3.63, 3.8) is 0 Å². The molecule has 0 bridgehead atoms. The highest BCUT2D eigenvalue weighted by molar-refractivity contribution is 6.07. The Morgan fingerprint density at radius 2 is 1.89 bits per heavy atom. The van der Waals surface area contributed by atoms with Crippen LogP contribution in [0.5, 0.6) is 0 Å². The van der Waals surface area contributed by atoms with E-state index in [0.29, 0.717) is 24.4 Å². The number of amides is 2. The van der Waals surface area contributed by atoms with E-state index in [0.717, 1.165) is 29.8 Å². The second kappa shape index (κ2) is 7.91. The maximum absolute atomic E-state index is 12.8. The molecule has 0 saturated heterocycles. The number of nitrogens with one attached hydrogen (secondary N) is 1. The van der Waals surface area contributed by atoms with Crippen LogP contribution in [0.2, 0.25) is 0 Å². The molecule has 2 aromatic rings. The lowest BCUT2D eigenvalue weighted by Gasteiger charge is -2.18. The molecule has 2 amide bonds. The second-order valence-electron chi connectivity index (χ2n) is 7.52. The van der Waals surface area contributed by atoms with Gasteiger partial charge in [0, 0.05) is 42.3 Å². The maximum Gasteiger partial charge on any atom is 0.258 e. The molecule has 0 spiro atoms. The third-order valence-corrected chi connectivity index (χ3v) is 5.69. The standard InChI is InChI=1S/C22H25N3O2/c26-21(8-5-16-3-1-2-4-16)24-19-7-6-17-11-14-25(20(17)15-19)22(27)18-9-12-23-13-10-18/h6-7,9-10,12-13,15-16H,1-5,8,11,14H2,(H,24,26). The van der Waals surface area contributed by atoms with E-state index in [1.54, 1.807) is 29.4 Å². The van der Waals surface area contributed by atoms with E-state index < -0.39 is 0 Å². The van der Waals surface area contributed by atoms with Crippen molar-refractivity contribution in [3.8, 4) is 0 Å². The van der Waals surface area contributed by atoms with Crippen molar-refractivity contribution >= 4 is 23.2 Å². The molecule has 1 aromatic carbocycles.